The Morgan fingerprint density at radius 1 is 1.30 bits per heavy atom. The van der Waals surface area contributed by atoms with Crippen LogP contribution in [0.15, 0.2) is 24.3 Å². The molecule has 1 saturated carbocycles. The molecule has 1 N–H and O–H groups in total. The third-order valence-electron chi connectivity index (χ3n) is 3.50. The molecule has 0 saturated heterocycles. The van der Waals surface area contributed by atoms with Gasteiger partial charge in [0.1, 0.15) is 12.4 Å². The van der Waals surface area contributed by atoms with Gasteiger partial charge in [0.05, 0.1) is 12.7 Å². The Morgan fingerprint density at radius 3 is 2.80 bits per heavy atom. The zero-order valence-corrected chi connectivity index (χ0v) is 12.1. The summed E-state index contributed by atoms with van der Waals surface area (Å²) in [5.41, 5.74) is 0.989. The number of hydrogen-bond acceptors (Lipinski definition) is 3. The van der Waals surface area contributed by atoms with E-state index in [0.717, 1.165) is 24.2 Å². The standard InChI is InChI=1S/C16H23NO3/c1-2-19-15-10-6-3-7-13(15)11-17-16(18)12-20-14-8-4-5-9-14/h3,6-7,10,14H,2,4-5,8-9,11-12H2,1H3,(H,17,18). The molecule has 1 fully saturated rings. The van der Waals surface area contributed by atoms with Crippen LogP contribution in [0.1, 0.15) is 38.2 Å². The molecule has 0 aromatic heterocycles. The number of carbonyl (C=O) groups is 1. The highest BCUT2D eigenvalue weighted by molar-refractivity contribution is 5.77. The van der Waals surface area contributed by atoms with Gasteiger partial charge in [0.15, 0.2) is 0 Å². The fourth-order valence-corrected chi connectivity index (χ4v) is 2.44. The number of para-hydroxylation sites is 1. The Kier molecular flexibility index (Phi) is 5.87. The van der Waals surface area contributed by atoms with Crippen molar-refractivity contribution in [2.45, 2.75) is 45.3 Å². The number of rotatable bonds is 7. The van der Waals surface area contributed by atoms with E-state index in [9.17, 15) is 4.79 Å². The largest absolute Gasteiger partial charge is 0.494 e. The van der Waals surface area contributed by atoms with E-state index < -0.39 is 0 Å². The fourth-order valence-electron chi connectivity index (χ4n) is 2.44. The van der Waals surface area contributed by atoms with Crippen molar-refractivity contribution in [3.8, 4) is 5.75 Å². The molecule has 0 heterocycles. The van der Waals surface area contributed by atoms with Crippen LogP contribution < -0.4 is 10.1 Å². The third kappa shape index (κ3) is 4.53. The molecular weight excluding hydrogens is 254 g/mol. The molecule has 2 rings (SSSR count). The van der Waals surface area contributed by atoms with Crippen LogP contribution in [0.25, 0.3) is 0 Å². The fraction of sp³-hybridized carbons (Fsp3) is 0.562. The number of benzene rings is 1. The lowest BCUT2D eigenvalue weighted by Crippen LogP contribution is -2.29. The van der Waals surface area contributed by atoms with Gasteiger partial charge in [0, 0.05) is 12.1 Å². The predicted octanol–water partition coefficient (Wildman–Crippen LogP) is 2.66. The maximum absolute atomic E-state index is 11.8. The van der Waals surface area contributed by atoms with Gasteiger partial charge < -0.3 is 14.8 Å². The van der Waals surface area contributed by atoms with E-state index in [2.05, 4.69) is 5.32 Å². The summed E-state index contributed by atoms with van der Waals surface area (Å²) in [4.78, 5) is 11.8. The zero-order valence-electron chi connectivity index (χ0n) is 12.1. The quantitative estimate of drug-likeness (QED) is 0.833. The van der Waals surface area contributed by atoms with Crippen molar-refractivity contribution in [3.63, 3.8) is 0 Å². The molecule has 0 spiro atoms. The smallest absolute Gasteiger partial charge is 0.246 e. The SMILES string of the molecule is CCOc1ccccc1CNC(=O)COC1CCCC1. The number of amides is 1. The van der Waals surface area contributed by atoms with Gasteiger partial charge in [-0.3, -0.25) is 4.79 Å². The number of carbonyl (C=O) groups excluding carboxylic acids is 1. The lowest BCUT2D eigenvalue weighted by atomic mass is 10.2. The Morgan fingerprint density at radius 2 is 2.05 bits per heavy atom. The molecule has 1 aliphatic rings. The first kappa shape index (κ1) is 14.9. The topological polar surface area (TPSA) is 47.6 Å². The molecule has 1 aliphatic carbocycles. The van der Waals surface area contributed by atoms with Crippen molar-refractivity contribution < 1.29 is 14.3 Å². The summed E-state index contributed by atoms with van der Waals surface area (Å²) in [5, 5.41) is 2.88. The Hall–Kier alpha value is -1.55. The molecular formula is C16H23NO3. The number of nitrogens with one attached hydrogen (secondary N) is 1. The van der Waals surface area contributed by atoms with Gasteiger partial charge in [-0.25, -0.2) is 0 Å². The highest BCUT2D eigenvalue weighted by atomic mass is 16.5. The van der Waals surface area contributed by atoms with Crippen molar-refractivity contribution in [2.24, 2.45) is 0 Å². The van der Waals surface area contributed by atoms with Gasteiger partial charge in [-0.05, 0) is 25.8 Å². The van der Waals surface area contributed by atoms with Gasteiger partial charge in [-0.15, -0.1) is 0 Å². The van der Waals surface area contributed by atoms with Gasteiger partial charge in [-0.2, -0.15) is 0 Å². The van der Waals surface area contributed by atoms with Crippen molar-refractivity contribution in [1.29, 1.82) is 0 Å². The van der Waals surface area contributed by atoms with E-state index >= 15 is 0 Å². The molecule has 4 heteroatoms. The van der Waals surface area contributed by atoms with Gasteiger partial charge >= 0.3 is 0 Å². The van der Waals surface area contributed by atoms with Crippen LogP contribution in [0.4, 0.5) is 0 Å². The maximum atomic E-state index is 11.8. The summed E-state index contributed by atoms with van der Waals surface area (Å²) in [6.45, 7) is 3.20. The van der Waals surface area contributed by atoms with E-state index in [1.807, 2.05) is 31.2 Å². The number of ether oxygens (including phenoxy) is 2. The lowest BCUT2D eigenvalue weighted by molar-refractivity contribution is -0.127. The van der Waals surface area contributed by atoms with Crippen LogP contribution in [0, 0.1) is 0 Å². The molecule has 0 bridgehead atoms. The molecule has 20 heavy (non-hydrogen) atoms. The van der Waals surface area contributed by atoms with Crippen LogP contribution in [0.3, 0.4) is 0 Å². The summed E-state index contributed by atoms with van der Waals surface area (Å²) in [5.74, 6) is 0.759. The first-order chi connectivity index (χ1) is 9.79. The second-order valence-corrected chi connectivity index (χ2v) is 5.03. The summed E-state index contributed by atoms with van der Waals surface area (Å²) >= 11 is 0. The van der Waals surface area contributed by atoms with E-state index in [0.29, 0.717) is 13.2 Å². The average molecular weight is 277 g/mol. The van der Waals surface area contributed by atoms with Gasteiger partial charge in [-0.1, -0.05) is 31.0 Å². The molecule has 0 atom stereocenters. The summed E-state index contributed by atoms with van der Waals surface area (Å²) in [6, 6.07) is 7.75. The number of hydrogen-bond donors (Lipinski definition) is 1. The zero-order chi connectivity index (χ0) is 14.2. The highest BCUT2D eigenvalue weighted by Crippen LogP contribution is 2.20. The van der Waals surface area contributed by atoms with Crippen LogP contribution in [-0.2, 0) is 16.1 Å². The minimum Gasteiger partial charge on any atom is -0.494 e. The van der Waals surface area contributed by atoms with E-state index in [1.165, 1.54) is 12.8 Å². The second-order valence-electron chi connectivity index (χ2n) is 5.03. The van der Waals surface area contributed by atoms with E-state index in [-0.39, 0.29) is 18.6 Å². The Bertz CT molecular complexity index is 427. The lowest BCUT2D eigenvalue weighted by Gasteiger charge is -2.13. The minimum atomic E-state index is -0.0665. The minimum absolute atomic E-state index is 0.0665. The molecule has 0 radical (unpaired) electrons. The van der Waals surface area contributed by atoms with Gasteiger partial charge in [0.2, 0.25) is 5.91 Å². The van der Waals surface area contributed by atoms with Crippen molar-refractivity contribution >= 4 is 5.91 Å². The van der Waals surface area contributed by atoms with E-state index in [1.54, 1.807) is 0 Å². The Balaban J connectivity index is 1.74. The molecule has 0 unspecified atom stereocenters. The van der Waals surface area contributed by atoms with E-state index in [4.69, 9.17) is 9.47 Å². The molecule has 1 amide bonds. The van der Waals surface area contributed by atoms with Gasteiger partial charge in [0.25, 0.3) is 0 Å². The first-order valence-electron chi connectivity index (χ1n) is 7.38. The van der Waals surface area contributed by atoms with Crippen LogP contribution in [0.5, 0.6) is 5.75 Å². The van der Waals surface area contributed by atoms with Crippen LogP contribution in [-0.4, -0.2) is 25.2 Å². The van der Waals surface area contributed by atoms with Crippen molar-refractivity contribution in [3.05, 3.63) is 29.8 Å². The van der Waals surface area contributed by atoms with Crippen molar-refractivity contribution in [2.75, 3.05) is 13.2 Å². The molecule has 110 valence electrons. The summed E-state index contributed by atoms with van der Waals surface area (Å²) in [7, 11) is 0. The van der Waals surface area contributed by atoms with Crippen molar-refractivity contribution in [1.82, 2.24) is 5.32 Å². The summed E-state index contributed by atoms with van der Waals surface area (Å²) in [6.07, 6.45) is 4.87. The Labute approximate surface area is 120 Å². The monoisotopic (exact) mass is 277 g/mol. The van der Waals surface area contributed by atoms with Crippen LogP contribution in [0.2, 0.25) is 0 Å². The highest BCUT2D eigenvalue weighted by Gasteiger charge is 2.16. The average Bonchev–Trinajstić information content (AvgIpc) is 2.98. The molecule has 4 nitrogen and oxygen atoms in total. The molecule has 1 aromatic rings. The molecule has 0 aliphatic heterocycles. The molecule has 1 aromatic carbocycles. The maximum Gasteiger partial charge on any atom is 0.246 e. The third-order valence-corrected chi connectivity index (χ3v) is 3.50. The first-order valence-corrected chi connectivity index (χ1v) is 7.38. The predicted molar refractivity (Wildman–Crippen MR) is 77.7 cm³/mol. The second kappa shape index (κ2) is 7.90. The summed E-state index contributed by atoms with van der Waals surface area (Å²) < 4.78 is 11.1. The van der Waals surface area contributed by atoms with Crippen LogP contribution >= 0.6 is 0 Å². The normalized spacial score (nSPS) is 15.2.